The van der Waals surface area contributed by atoms with E-state index in [9.17, 15) is 0 Å². The summed E-state index contributed by atoms with van der Waals surface area (Å²) in [6.07, 6.45) is 3.69. The molecule has 0 amide bonds. The largest absolute Gasteiger partial charge is 0.305 e. The molecule has 1 aromatic carbocycles. The van der Waals surface area contributed by atoms with Gasteiger partial charge in [-0.25, -0.2) is 0 Å². The minimum absolute atomic E-state index is 0.946. The molecule has 0 saturated heterocycles. The fraction of sp³-hybridized carbons (Fsp3) is 0.353. The zero-order valence-corrected chi connectivity index (χ0v) is 12.6. The van der Waals surface area contributed by atoms with Crippen molar-refractivity contribution in [3.8, 4) is 0 Å². The van der Waals surface area contributed by atoms with Crippen molar-refractivity contribution in [2.75, 3.05) is 21.1 Å². The first-order chi connectivity index (χ1) is 9.63. The van der Waals surface area contributed by atoms with Crippen LogP contribution in [0.15, 0.2) is 48.8 Å². The average Bonchev–Trinajstić information content (AvgIpc) is 2.41. The van der Waals surface area contributed by atoms with Crippen LogP contribution in [0.5, 0.6) is 0 Å². The summed E-state index contributed by atoms with van der Waals surface area (Å²) in [5, 5.41) is 0. The van der Waals surface area contributed by atoms with E-state index in [2.05, 4.69) is 72.3 Å². The first-order valence-electron chi connectivity index (χ1n) is 6.93. The number of rotatable bonds is 6. The van der Waals surface area contributed by atoms with Gasteiger partial charge in [-0.15, -0.1) is 0 Å². The number of hydrogen-bond donors (Lipinski definition) is 0. The van der Waals surface area contributed by atoms with Gasteiger partial charge in [0.05, 0.1) is 0 Å². The standard InChI is InChI=1S/C17H23N3/c1-19(2)12-15-4-6-16(7-5-15)13-20(3)14-17-8-10-18-11-9-17/h4-11H,12-14H2,1-3H3. The van der Waals surface area contributed by atoms with E-state index in [0.29, 0.717) is 0 Å². The average molecular weight is 269 g/mol. The molecular weight excluding hydrogens is 246 g/mol. The van der Waals surface area contributed by atoms with Gasteiger partial charge >= 0.3 is 0 Å². The third-order valence-electron chi connectivity index (χ3n) is 3.18. The van der Waals surface area contributed by atoms with Crippen molar-refractivity contribution in [1.29, 1.82) is 0 Å². The van der Waals surface area contributed by atoms with Gasteiger partial charge in [0.25, 0.3) is 0 Å². The highest BCUT2D eigenvalue weighted by atomic mass is 15.1. The van der Waals surface area contributed by atoms with Crippen molar-refractivity contribution in [3.05, 3.63) is 65.5 Å². The van der Waals surface area contributed by atoms with E-state index < -0.39 is 0 Å². The van der Waals surface area contributed by atoms with Gasteiger partial charge in [-0.05, 0) is 50.0 Å². The Morgan fingerprint density at radius 2 is 1.15 bits per heavy atom. The lowest BCUT2D eigenvalue weighted by atomic mass is 10.1. The second kappa shape index (κ2) is 7.17. The smallest absolute Gasteiger partial charge is 0.0271 e. The molecule has 0 aliphatic rings. The lowest BCUT2D eigenvalue weighted by molar-refractivity contribution is 0.319. The molecule has 0 atom stereocenters. The minimum Gasteiger partial charge on any atom is -0.305 e. The summed E-state index contributed by atoms with van der Waals surface area (Å²) in [5.74, 6) is 0. The number of benzene rings is 1. The highest BCUT2D eigenvalue weighted by molar-refractivity contribution is 5.22. The lowest BCUT2D eigenvalue weighted by Gasteiger charge is -2.17. The fourth-order valence-corrected chi connectivity index (χ4v) is 2.28. The van der Waals surface area contributed by atoms with E-state index in [-0.39, 0.29) is 0 Å². The van der Waals surface area contributed by atoms with Gasteiger partial charge in [0, 0.05) is 32.0 Å². The third kappa shape index (κ3) is 4.76. The molecule has 2 aromatic rings. The minimum atomic E-state index is 0.946. The Hall–Kier alpha value is -1.71. The molecule has 0 saturated carbocycles. The van der Waals surface area contributed by atoms with Crippen LogP contribution in [-0.4, -0.2) is 35.9 Å². The molecule has 20 heavy (non-hydrogen) atoms. The highest BCUT2D eigenvalue weighted by Crippen LogP contribution is 2.10. The quantitative estimate of drug-likeness (QED) is 0.804. The first kappa shape index (κ1) is 14.7. The van der Waals surface area contributed by atoms with Gasteiger partial charge in [0.1, 0.15) is 0 Å². The van der Waals surface area contributed by atoms with Crippen LogP contribution in [0.25, 0.3) is 0 Å². The number of hydrogen-bond acceptors (Lipinski definition) is 3. The predicted molar refractivity (Wildman–Crippen MR) is 83.2 cm³/mol. The molecular formula is C17H23N3. The van der Waals surface area contributed by atoms with Crippen molar-refractivity contribution in [1.82, 2.24) is 14.8 Å². The fourth-order valence-electron chi connectivity index (χ4n) is 2.28. The van der Waals surface area contributed by atoms with E-state index in [1.807, 2.05) is 12.4 Å². The maximum Gasteiger partial charge on any atom is 0.0271 e. The molecule has 0 radical (unpaired) electrons. The van der Waals surface area contributed by atoms with Gasteiger partial charge < -0.3 is 4.90 Å². The maximum absolute atomic E-state index is 4.05. The summed E-state index contributed by atoms with van der Waals surface area (Å²) in [6.45, 7) is 2.90. The molecule has 0 N–H and O–H groups in total. The summed E-state index contributed by atoms with van der Waals surface area (Å²) in [4.78, 5) is 8.55. The summed E-state index contributed by atoms with van der Waals surface area (Å²) in [7, 11) is 6.33. The van der Waals surface area contributed by atoms with Gasteiger partial charge in [-0.1, -0.05) is 24.3 Å². The van der Waals surface area contributed by atoms with E-state index >= 15 is 0 Å². The molecule has 1 aromatic heterocycles. The van der Waals surface area contributed by atoms with Gasteiger partial charge in [0.15, 0.2) is 0 Å². The molecule has 0 aliphatic carbocycles. The monoisotopic (exact) mass is 269 g/mol. The molecule has 0 fully saturated rings. The molecule has 2 rings (SSSR count). The molecule has 0 spiro atoms. The number of nitrogens with zero attached hydrogens (tertiary/aromatic N) is 3. The van der Waals surface area contributed by atoms with Crippen LogP contribution in [0.3, 0.4) is 0 Å². The van der Waals surface area contributed by atoms with Gasteiger partial charge in [0.2, 0.25) is 0 Å². The Morgan fingerprint density at radius 3 is 1.65 bits per heavy atom. The zero-order valence-electron chi connectivity index (χ0n) is 12.6. The molecule has 0 unspecified atom stereocenters. The van der Waals surface area contributed by atoms with Crippen molar-refractivity contribution in [2.45, 2.75) is 19.6 Å². The van der Waals surface area contributed by atoms with E-state index in [4.69, 9.17) is 0 Å². The van der Waals surface area contributed by atoms with Crippen molar-refractivity contribution >= 4 is 0 Å². The third-order valence-corrected chi connectivity index (χ3v) is 3.18. The van der Waals surface area contributed by atoms with Crippen molar-refractivity contribution < 1.29 is 0 Å². The van der Waals surface area contributed by atoms with Crippen molar-refractivity contribution in [3.63, 3.8) is 0 Å². The van der Waals surface area contributed by atoms with E-state index in [1.54, 1.807) is 0 Å². The topological polar surface area (TPSA) is 19.4 Å². The molecule has 0 aliphatic heterocycles. The van der Waals surface area contributed by atoms with Gasteiger partial charge in [-0.3, -0.25) is 9.88 Å². The number of pyridine rings is 1. The van der Waals surface area contributed by atoms with Crippen LogP contribution in [-0.2, 0) is 19.6 Å². The Balaban J connectivity index is 1.89. The van der Waals surface area contributed by atoms with Crippen LogP contribution in [0.4, 0.5) is 0 Å². The SMILES string of the molecule is CN(C)Cc1ccc(CN(C)Cc2ccncc2)cc1. The maximum atomic E-state index is 4.05. The van der Waals surface area contributed by atoms with Crippen LogP contribution >= 0.6 is 0 Å². The molecule has 3 nitrogen and oxygen atoms in total. The van der Waals surface area contributed by atoms with E-state index in [0.717, 1.165) is 19.6 Å². The zero-order chi connectivity index (χ0) is 14.4. The highest BCUT2D eigenvalue weighted by Gasteiger charge is 2.02. The summed E-state index contributed by atoms with van der Waals surface area (Å²) >= 11 is 0. The predicted octanol–water partition coefficient (Wildman–Crippen LogP) is 2.78. The Bertz CT molecular complexity index is 506. The Labute approximate surface area is 121 Å². The lowest BCUT2D eigenvalue weighted by Crippen LogP contribution is -2.17. The van der Waals surface area contributed by atoms with E-state index in [1.165, 1.54) is 16.7 Å². The van der Waals surface area contributed by atoms with Crippen LogP contribution < -0.4 is 0 Å². The molecule has 3 heteroatoms. The Morgan fingerprint density at radius 1 is 0.700 bits per heavy atom. The Kier molecular flexibility index (Phi) is 5.27. The van der Waals surface area contributed by atoms with Crippen LogP contribution in [0, 0.1) is 0 Å². The summed E-state index contributed by atoms with van der Waals surface area (Å²) < 4.78 is 0. The van der Waals surface area contributed by atoms with Crippen molar-refractivity contribution in [2.24, 2.45) is 0 Å². The normalized spacial score (nSPS) is 11.2. The number of aromatic nitrogens is 1. The summed E-state index contributed by atoms with van der Waals surface area (Å²) in [5.41, 5.74) is 4.01. The first-order valence-corrected chi connectivity index (χ1v) is 6.93. The summed E-state index contributed by atoms with van der Waals surface area (Å²) in [6, 6.07) is 13.0. The molecule has 1 heterocycles. The second-order valence-corrected chi connectivity index (χ2v) is 5.58. The van der Waals surface area contributed by atoms with Crippen LogP contribution in [0.2, 0.25) is 0 Å². The second-order valence-electron chi connectivity index (χ2n) is 5.58. The molecule has 0 bridgehead atoms. The molecule has 106 valence electrons. The van der Waals surface area contributed by atoms with Crippen LogP contribution in [0.1, 0.15) is 16.7 Å². The van der Waals surface area contributed by atoms with Gasteiger partial charge in [-0.2, -0.15) is 0 Å².